The van der Waals surface area contributed by atoms with Gasteiger partial charge in [-0.15, -0.1) is 0 Å². The van der Waals surface area contributed by atoms with Gasteiger partial charge in [0.2, 0.25) is 5.95 Å². The molecule has 4 nitrogen and oxygen atoms in total. The van der Waals surface area contributed by atoms with E-state index in [9.17, 15) is 0 Å². The second kappa shape index (κ2) is 13.6. The number of hydrogen-bond donors (Lipinski definition) is 0. The predicted octanol–water partition coefficient (Wildman–Crippen LogP) is 14.8. The Morgan fingerprint density at radius 3 is 2.00 bits per heavy atom. The lowest BCUT2D eigenvalue weighted by molar-refractivity contribution is 1.01. The molecule has 1 aliphatic heterocycles. The minimum atomic E-state index is 0.646. The van der Waals surface area contributed by atoms with E-state index in [0.717, 1.165) is 44.4 Å². The fourth-order valence-corrected chi connectivity index (χ4v) is 10.0. The van der Waals surface area contributed by atoms with Crippen molar-refractivity contribution in [3.63, 3.8) is 0 Å². The fraction of sp³-hybridized carbons (Fsp3) is 0. The molecule has 9 aromatic carbocycles. The number of nitrogens with zero attached hydrogens (tertiary/aromatic N) is 4. The summed E-state index contributed by atoms with van der Waals surface area (Å²) in [6.07, 6.45) is 0. The fourth-order valence-electron chi connectivity index (χ4n) is 8.92. The van der Waals surface area contributed by atoms with Gasteiger partial charge in [-0.25, -0.2) is 9.97 Å². The number of para-hydroxylation sites is 3. The van der Waals surface area contributed by atoms with E-state index in [0.29, 0.717) is 5.95 Å². The van der Waals surface area contributed by atoms with Gasteiger partial charge in [0.05, 0.1) is 33.6 Å². The molecular formula is C54H34N4S. The third-order valence-corrected chi connectivity index (χ3v) is 12.7. The van der Waals surface area contributed by atoms with Gasteiger partial charge < -0.3 is 4.90 Å². The van der Waals surface area contributed by atoms with Crippen molar-refractivity contribution in [1.82, 2.24) is 14.5 Å². The van der Waals surface area contributed by atoms with Gasteiger partial charge in [0, 0.05) is 37.2 Å². The molecule has 0 saturated heterocycles. The molecule has 2 aromatic heterocycles. The molecule has 0 amide bonds. The molecule has 5 heteroatoms. The summed E-state index contributed by atoms with van der Waals surface area (Å²) in [5.41, 5.74) is 13.2. The third-order valence-electron chi connectivity index (χ3n) is 11.6. The second-order valence-electron chi connectivity index (χ2n) is 15.0. The standard InChI is InChI=1S/C54H34N4S/c1-3-15-35(16-4-1)37-18-13-19-39(33-37)53-43-23-9-10-25-44(43)55-54(56-53)58-47-27-14-24-42(52(47)51-41-22-8-7-17-36(41)29-32-48(51)58)38-30-31-46-50(34-38)59-49-28-12-11-26-45(49)57(46)40-20-5-2-6-21-40/h1-34H. The lowest BCUT2D eigenvalue weighted by Crippen LogP contribution is -2.14. The molecule has 0 aliphatic carbocycles. The summed E-state index contributed by atoms with van der Waals surface area (Å²) in [6, 6.07) is 73.8. The zero-order valence-corrected chi connectivity index (χ0v) is 32.6. The van der Waals surface area contributed by atoms with E-state index in [1.165, 1.54) is 59.4 Å². The molecule has 0 radical (unpaired) electrons. The number of fused-ring (bicyclic) bond motifs is 8. The Kier molecular flexibility index (Phi) is 7.75. The summed E-state index contributed by atoms with van der Waals surface area (Å²) in [7, 11) is 0. The van der Waals surface area contributed by atoms with Gasteiger partial charge >= 0.3 is 0 Å². The van der Waals surface area contributed by atoms with Crippen molar-refractivity contribution in [1.29, 1.82) is 0 Å². The molecule has 276 valence electrons. The van der Waals surface area contributed by atoms with E-state index >= 15 is 0 Å². The Balaban J connectivity index is 1.10. The first-order valence-corrected chi connectivity index (χ1v) is 20.7. The monoisotopic (exact) mass is 770 g/mol. The van der Waals surface area contributed by atoms with Crippen LogP contribution in [0.4, 0.5) is 17.1 Å². The van der Waals surface area contributed by atoms with Gasteiger partial charge in [0.25, 0.3) is 0 Å². The first-order valence-electron chi connectivity index (χ1n) is 19.9. The lowest BCUT2D eigenvalue weighted by Gasteiger charge is -2.33. The quantitative estimate of drug-likeness (QED) is 0.175. The van der Waals surface area contributed by atoms with Crippen LogP contribution in [0, 0.1) is 0 Å². The molecule has 3 heterocycles. The van der Waals surface area contributed by atoms with E-state index in [2.05, 4.69) is 216 Å². The van der Waals surface area contributed by atoms with Crippen LogP contribution in [0.25, 0.3) is 82.9 Å². The summed E-state index contributed by atoms with van der Waals surface area (Å²) in [5, 5.41) is 5.80. The van der Waals surface area contributed by atoms with Gasteiger partial charge in [-0.05, 0) is 93.7 Å². The minimum Gasteiger partial charge on any atom is -0.308 e. The number of benzene rings is 9. The molecular weight excluding hydrogens is 737 g/mol. The number of aromatic nitrogens is 3. The van der Waals surface area contributed by atoms with Gasteiger partial charge in [-0.2, -0.15) is 0 Å². The maximum Gasteiger partial charge on any atom is 0.235 e. The smallest absolute Gasteiger partial charge is 0.235 e. The SMILES string of the molecule is c1ccc(-c2cccc(-c3nc(-n4c5cccc(-c6ccc7c(c6)Sc6ccccc6N7c6ccccc6)c5c5c6ccccc6ccc54)nc4ccccc34)c2)cc1. The highest BCUT2D eigenvalue weighted by Crippen LogP contribution is 2.53. The molecule has 0 fully saturated rings. The zero-order valence-electron chi connectivity index (χ0n) is 31.8. The number of rotatable bonds is 5. The van der Waals surface area contributed by atoms with Crippen molar-refractivity contribution < 1.29 is 0 Å². The highest BCUT2D eigenvalue weighted by molar-refractivity contribution is 7.99. The van der Waals surface area contributed by atoms with Crippen LogP contribution in [0.2, 0.25) is 0 Å². The summed E-state index contributed by atoms with van der Waals surface area (Å²) in [4.78, 5) is 15.7. The molecule has 0 saturated carbocycles. The van der Waals surface area contributed by atoms with E-state index in [-0.39, 0.29) is 0 Å². The van der Waals surface area contributed by atoms with Crippen LogP contribution < -0.4 is 4.90 Å². The van der Waals surface area contributed by atoms with E-state index in [4.69, 9.17) is 9.97 Å². The molecule has 0 bridgehead atoms. The minimum absolute atomic E-state index is 0.646. The van der Waals surface area contributed by atoms with Crippen LogP contribution >= 0.6 is 11.8 Å². The highest BCUT2D eigenvalue weighted by Gasteiger charge is 2.26. The first-order chi connectivity index (χ1) is 29.3. The lowest BCUT2D eigenvalue weighted by atomic mass is 9.96. The Hall–Kier alpha value is -7.47. The summed E-state index contributed by atoms with van der Waals surface area (Å²) < 4.78 is 2.28. The Morgan fingerprint density at radius 2 is 1.10 bits per heavy atom. The van der Waals surface area contributed by atoms with Crippen molar-refractivity contribution in [2.45, 2.75) is 9.79 Å². The summed E-state index contributed by atoms with van der Waals surface area (Å²) >= 11 is 1.84. The zero-order chi connectivity index (χ0) is 38.9. The van der Waals surface area contributed by atoms with Gasteiger partial charge in [0.1, 0.15) is 0 Å². The van der Waals surface area contributed by atoms with Gasteiger partial charge in [-0.1, -0.05) is 157 Å². The van der Waals surface area contributed by atoms with Crippen LogP contribution in [0.1, 0.15) is 0 Å². The largest absolute Gasteiger partial charge is 0.308 e. The second-order valence-corrected chi connectivity index (χ2v) is 16.1. The Labute approximate surface area is 345 Å². The van der Waals surface area contributed by atoms with E-state index in [1.807, 2.05) is 11.8 Å². The van der Waals surface area contributed by atoms with Gasteiger partial charge in [-0.3, -0.25) is 4.57 Å². The molecule has 0 N–H and O–H groups in total. The molecule has 0 spiro atoms. The maximum absolute atomic E-state index is 5.49. The Bertz CT molecular complexity index is 3430. The van der Waals surface area contributed by atoms with Crippen LogP contribution in [0.5, 0.6) is 0 Å². The van der Waals surface area contributed by atoms with E-state index < -0.39 is 0 Å². The van der Waals surface area contributed by atoms with Crippen molar-refractivity contribution in [2.75, 3.05) is 4.90 Å². The molecule has 11 aromatic rings. The van der Waals surface area contributed by atoms with Crippen molar-refractivity contribution in [3.8, 4) is 39.5 Å². The molecule has 12 rings (SSSR count). The van der Waals surface area contributed by atoms with Crippen LogP contribution in [0.3, 0.4) is 0 Å². The molecule has 0 atom stereocenters. The predicted molar refractivity (Wildman–Crippen MR) is 246 cm³/mol. The number of hydrogen-bond acceptors (Lipinski definition) is 4. The number of anilines is 3. The average molecular weight is 771 g/mol. The van der Waals surface area contributed by atoms with Crippen molar-refractivity contribution in [3.05, 3.63) is 206 Å². The summed E-state index contributed by atoms with van der Waals surface area (Å²) in [5.74, 6) is 0.646. The highest BCUT2D eigenvalue weighted by atomic mass is 32.2. The first kappa shape index (κ1) is 33.6. The normalized spacial score (nSPS) is 12.3. The Morgan fingerprint density at radius 1 is 0.407 bits per heavy atom. The summed E-state index contributed by atoms with van der Waals surface area (Å²) in [6.45, 7) is 0. The third kappa shape index (κ3) is 5.47. The topological polar surface area (TPSA) is 34.0 Å². The molecule has 0 unspecified atom stereocenters. The molecule has 59 heavy (non-hydrogen) atoms. The van der Waals surface area contributed by atoms with Crippen molar-refractivity contribution >= 4 is 72.3 Å². The average Bonchev–Trinajstić information content (AvgIpc) is 3.66. The molecule has 1 aliphatic rings. The van der Waals surface area contributed by atoms with Crippen molar-refractivity contribution in [2.24, 2.45) is 0 Å². The maximum atomic E-state index is 5.49. The van der Waals surface area contributed by atoms with Gasteiger partial charge in [0.15, 0.2) is 0 Å². The van der Waals surface area contributed by atoms with Crippen LogP contribution in [0.15, 0.2) is 216 Å². The van der Waals surface area contributed by atoms with E-state index in [1.54, 1.807) is 0 Å². The van der Waals surface area contributed by atoms with Crippen LogP contribution in [-0.4, -0.2) is 14.5 Å². The van der Waals surface area contributed by atoms with Crippen LogP contribution in [-0.2, 0) is 0 Å².